The van der Waals surface area contributed by atoms with E-state index in [9.17, 15) is 0 Å². The Morgan fingerprint density at radius 3 is 2.29 bits per heavy atom. The van der Waals surface area contributed by atoms with Crippen LogP contribution in [0, 0.1) is 19.8 Å². The SMILES string of the molecule is [CH2+]C[C@H]([CH2+])CCC. The van der Waals surface area contributed by atoms with Crippen molar-refractivity contribution >= 4 is 0 Å². The van der Waals surface area contributed by atoms with Crippen LogP contribution in [0.15, 0.2) is 0 Å². The molecule has 0 fully saturated rings. The summed E-state index contributed by atoms with van der Waals surface area (Å²) in [6, 6.07) is 0. The molecule has 0 bridgehead atoms. The summed E-state index contributed by atoms with van der Waals surface area (Å²) >= 11 is 0. The summed E-state index contributed by atoms with van der Waals surface area (Å²) in [6.07, 6.45) is 3.45. The smallest absolute Gasteiger partial charge is 0.0652 e. The molecule has 0 unspecified atom stereocenters. The molecular formula is C7H14+2. The summed E-state index contributed by atoms with van der Waals surface area (Å²) in [7, 11) is 0. The van der Waals surface area contributed by atoms with Crippen molar-refractivity contribution in [2.24, 2.45) is 5.92 Å². The molecule has 0 aromatic heterocycles. The molecule has 0 aliphatic heterocycles. The molecule has 0 rings (SSSR count). The van der Waals surface area contributed by atoms with Gasteiger partial charge in [-0.25, -0.2) is 0 Å². The van der Waals surface area contributed by atoms with Gasteiger partial charge in [0, 0.05) is 0 Å². The highest BCUT2D eigenvalue weighted by molar-refractivity contribution is 4.60. The quantitative estimate of drug-likeness (QED) is 0.476. The summed E-state index contributed by atoms with van der Waals surface area (Å²) < 4.78 is 0. The summed E-state index contributed by atoms with van der Waals surface area (Å²) in [5, 5.41) is 0. The molecule has 0 aliphatic rings. The predicted octanol–water partition coefficient (Wildman–Crippen LogP) is 2.46. The van der Waals surface area contributed by atoms with E-state index in [1.807, 2.05) is 0 Å². The van der Waals surface area contributed by atoms with Gasteiger partial charge in [-0.1, -0.05) is 13.3 Å². The van der Waals surface area contributed by atoms with Crippen LogP contribution in [0.5, 0.6) is 0 Å². The van der Waals surface area contributed by atoms with E-state index >= 15 is 0 Å². The molecular weight excluding hydrogens is 84.1 g/mol. The summed E-state index contributed by atoms with van der Waals surface area (Å²) in [4.78, 5) is 0. The monoisotopic (exact) mass is 98.1 g/mol. The molecule has 0 aromatic carbocycles. The fraction of sp³-hybridized carbons (Fsp3) is 0.714. The molecule has 40 valence electrons. The van der Waals surface area contributed by atoms with Crippen molar-refractivity contribution in [3.63, 3.8) is 0 Å². The fourth-order valence-corrected chi connectivity index (χ4v) is 0.553. The first-order chi connectivity index (χ1) is 3.31. The molecule has 0 aromatic rings. The van der Waals surface area contributed by atoms with Gasteiger partial charge in [0.15, 0.2) is 0 Å². The number of hydrogen-bond donors (Lipinski definition) is 0. The molecule has 0 heteroatoms. The van der Waals surface area contributed by atoms with Gasteiger partial charge in [0.05, 0.1) is 13.8 Å². The maximum atomic E-state index is 3.88. The van der Waals surface area contributed by atoms with Gasteiger partial charge >= 0.3 is 0 Å². The van der Waals surface area contributed by atoms with E-state index in [2.05, 4.69) is 20.8 Å². The van der Waals surface area contributed by atoms with Crippen LogP contribution in [0.2, 0.25) is 0 Å². The average molecular weight is 98.2 g/mol. The first-order valence-corrected chi connectivity index (χ1v) is 2.93. The lowest BCUT2D eigenvalue weighted by Crippen LogP contribution is -1.89. The van der Waals surface area contributed by atoms with Crippen LogP contribution in [0.4, 0.5) is 0 Å². The van der Waals surface area contributed by atoms with Crippen molar-refractivity contribution in [3.05, 3.63) is 13.8 Å². The van der Waals surface area contributed by atoms with E-state index in [-0.39, 0.29) is 0 Å². The average Bonchev–Trinajstić information content (AvgIpc) is 1.68. The van der Waals surface area contributed by atoms with Crippen LogP contribution in [0.25, 0.3) is 0 Å². The third-order valence-corrected chi connectivity index (χ3v) is 1.11. The highest BCUT2D eigenvalue weighted by Crippen LogP contribution is 2.06. The normalized spacial score (nSPS) is 13.9. The van der Waals surface area contributed by atoms with Gasteiger partial charge in [-0.3, -0.25) is 0 Å². The van der Waals surface area contributed by atoms with Crippen LogP contribution in [0.1, 0.15) is 26.2 Å². The zero-order valence-corrected chi connectivity index (χ0v) is 5.11. The minimum atomic E-state index is 0.588. The van der Waals surface area contributed by atoms with E-state index < -0.39 is 0 Å². The van der Waals surface area contributed by atoms with Gasteiger partial charge < -0.3 is 0 Å². The zero-order valence-electron chi connectivity index (χ0n) is 5.11. The Kier molecular flexibility index (Phi) is 3.77. The van der Waals surface area contributed by atoms with Crippen LogP contribution in [0.3, 0.4) is 0 Å². The van der Waals surface area contributed by atoms with Gasteiger partial charge in [-0.05, 0) is 6.42 Å². The second kappa shape index (κ2) is 3.91. The van der Waals surface area contributed by atoms with Crippen molar-refractivity contribution < 1.29 is 0 Å². The van der Waals surface area contributed by atoms with Crippen molar-refractivity contribution in [3.8, 4) is 0 Å². The van der Waals surface area contributed by atoms with E-state index in [4.69, 9.17) is 0 Å². The lowest BCUT2D eigenvalue weighted by molar-refractivity contribution is 0.583. The molecule has 0 N–H and O–H groups in total. The van der Waals surface area contributed by atoms with Gasteiger partial charge in [0.1, 0.15) is 12.3 Å². The lowest BCUT2D eigenvalue weighted by atomic mass is 10.0. The second-order valence-corrected chi connectivity index (χ2v) is 1.94. The number of hydrogen-bond acceptors (Lipinski definition) is 0. The standard InChI is InChI=1S/C7H14/c1-4-6-7(3)5-2/h7H,2-6H2,1H3/q+2/t7-/m0/s1. The van der Waals surface area contributed by atoms with E-state index in [1.165, 1.54) is 12.8 Å². The molecule has 0 aliphatic carbocycles. The zero-order chi connectivity index (χ0) is 5.70. The van der Waals surface area contributed by atoms with Crippen molar-refractivity contribution in [1.29, 1.82) is 0 Å². The molecule has 1 atom stereocenters. The molecule has 0 saturated heterocycles. The molecule has 0 amide bonds. The topological polar surface area (TPSA) is 0 Å². The van der Waals surface area contributed by atoms with Gasteiger partial charge in [-0.2, -0.15) is 0 Å². The third kappa shape index (κ3) is 3.57. The van der Waals surface area contributed by atoms with Crippen molar-refractivity contribution in [2.45, 2.75) is 26.2 Å². The summed E-state index contributed by atoms with van der Waals surface area (Å²) in [6.45, 7) is 9.80. The Morgan fingerprint density at radius 1 is 1.57 bits per heavy atom. The Balaban J connectivity index is 2.83. The molecule has 0 radical (unpaired) electrons. The van der Waals surface area contributed by atoms with Crippen molar-refractivity contribution in [1.82, 2.24) is 0 Å². The Morgan fingerprint density at radius 2 is 2.14 bits per heavy atom. The van der Waals surface area contributed by atoms with Crippen LogP contribution in [-0.4, -0.2) is 0 Å². The van der Waals surface area contributed by atoms with Crippen LogP contribution in [-0.2, 0) is 0 Å². The second-order valence-electron chi connectivity index (χ2n) is 1.94. The largest absolute Gasteiger partial charge is 0.135 e. The fourth-order valence-electron chi connectivity index (χ4n) is 0.553. The van der Waals surface area contributed by atoms with Gasteiger partial charge in [-0.15, -0.1) is 0 Å². The minimum Gasteiger partial charge on any atom is -0.0652 e. The maximum Gasteiger partial charge on any atom is 0.135 e. The highest BCUT2D eigenvalue weighted by Gasteiger charge is 2.05. The first kappa shape index (κ1) is 6.74. The Hall–Kier alpha value is -0.260. The molecule has 0 spiro atoms. The number of rotatable bonds is 3. The van der Waals surface area contributed by atoms with Crippen molar-refractivity contribution in [2.75, 3.05) is 0 Å². The summed E-state index contributed by atoms with van der Waals surface area (Å²) in [5.41, 5.74) is 0. The Bertz CT molecular complexity index is 31.0. The molecule has 0 nitrogen and oxygen atoms in total. The minimum absolute atomic E-state index is 0.588. The van der Waals surface area contributed by atoms with E-state index in [0.29, 0.717) is 5.92 Å². The van der Waals surface area contributed by atoms with E-state index in [0.717, 1.165) is 6.42 Å². The molecule has 7 heavy (non-hydrogen) atoms. The Labute approximate surface area is 46.9 Å². The van der Waals surface area contributed by atoms with E-state index in [1.54, 1.807) is 0 Å². The van der Waals surface area contributed by atoms with Gasteiger partial charge in [0.2, 0.25) is 0 Å². The first-order valence-electron chi connectivity index (χ1n) is 2.93. The predicted molar refractivity (Wildman–Crippen MR) is 33.7 cm³/mol. The summed E-state index contributed by atoms with van der Waals surface area (Å²) in [5.74, 6) is 0.588. The molecule has 0 heterocycles. The van der Waals surface area contributed by atoms with Crippen LogP contribution < -0.4 is 0 Å². The third-order valence-electron chi connectivity index (χ3n) is 1.11. The highest BCUT2D eigenvalue weighted by atomic mass is 14.0. The lowest BCUT2D eigenvalue weighted by Gasteiger charge is -1.90. The van der Waals surface area contributed by atoms with Gasteiger partial charge in [0.25, 0.3) is 0 Å². The maximum absolute atomic E-state index is 3.88. The molecule has 0 saturated carbocycles. The van der Waals surface area contributed by atoms with Crippen LogP contribution >= 0.6 is 0 Å².